The van der Waals surface area contributed by atoms with Crippen LogP contribution in [0.4, 0.5) is 0 Å². The van der Waals surface area contributed by atoms with E-state index in [0.717, 1.165) is 25.7 Å². The zero-order valence-corrected chi connectivity index (χ0v) is 21.0. The van der Waals surface area contributed by atoms with E-state index in [1.165, 1.54) is 0 Å². The van der Waals surface area contributed by atoms with Crippen molar-refractivity contribution in [2.24, 2.45) is 11.8 Å². The first-order chi connectivity index (χ1) is 16.7. The second-order valence-electron chi connectivity index (χ2n) is 10.6. The number of pyridine rings is 1. The highest BCUT2D eigenvalue weighted by Gasteiger charge is 2.35. The number of rotatable bonds is 6. The van der Waals surface area contributed by atoms with E-state index in [0.29, 0.717) is 43.8 Å². The lowest BCUT2D eigenvalue weighted by atomic mass is 9.99. The van der Waals surface area contributed by atoms with Gasteiger partial charge in [0.1, 0.15) is 17.3 Å². The number of ether oxygens (including phenoxy) is 1. The topological polar surface area (TPSA) is 103 Å². The van der Waals surface area contributed by atoms with Gasteiger partial charge in [0.25, 0.3) is 5.91 Å². The largest absolute Gasteiger partial charge is 0.472 e. The molecule has 0 aromatic carbocycles. The van der Waals surface area contributed by atoms with E-state index < -0.39 is 5.60 Å². The van der Waals surface area contributed by atoms with Crippen molar-refractivity contribution in [1.82, 2.24) is 14.8 Å². The molecular formula is C27H37N3O5. The summed E-state index contributed by atoms with van der Waals surface area (Å²) in [5.74, 6) is 6.40. The Morgan fingerprint density at radius 1 is 1.37 bits per heavy atom. The minimum Gasteiger partial charge on any atom is -0.472 e. The van der Waals surface area contributed by atoms with Gasteiger partial charge in [-0.15, -0.1) is 0 Å². The quantitative estimate of drug-likeness (QED) is 0.602. The van der Waals surface area contributed by atoms with E-state index in [-0.39, 0.29) is 47.9 Å². The van der Waals surface area contributed by atoms with E-state index in [9.17, 15) is 19.8 Å². The van der Waals surface area contributed by atoms with E-state index in [1.54, 1.807) is 36.0 Å². The van der Waals surface area contributed by atoms with E-state index >= 15 is 0 Å². The molecule has 8 nitrogen and oxygen atoms in total. The zero-order chi connectivity index (χ0) is 25.2. The van der Waals surface area contributed by atoms with Crippen LogP contribution in [-0.2, 0) is 4.79 Å². The fourth-order valence-electron chi connectivity index (χ4n) is 4.76. The van der Waals surface area contributed by atoms with Crippen LogP contribution in [-0.4, -0.2) is 81.3 Å². The van der Waals surface area contributed by atoms with E-state index in [1.807, 2.05) is 6.92 Å². The van der Waals surface area contributed by atoms with Crippen molar-refractivity contribution < 1.29 is 24.5 Å². The summed E-state index contributed by atoms with van der Waals surface area (Å²) >= 11 is 0. The molecule has 0 radical (unpaired) electrons. The van der Waals surface area contributed by atoms with Gasteiger partial charge in [-0.05, 0) is 57.4 Å². The highest BCUT2D eigenvalue weighted by Crippen LogP contribution is 2.33. The van der Waals surface area contributed by atoms with Crippen molar-refractivity contribution >= 4 is 11.8 Å². The minimum absolute atomic E-state index is 0.0878. The van der Waals surface area contributed by atoms with Crippen LogP contribution in [0.2, 0.25) is 0 Å². The van der Waals surface area contributed by atoms with Gasteiger partial charge in [-0.2, -0.15) is 0 Å². The second kappa shape index (κ2) is 10.5. The maximum absolute atomic E-state index is 13.5. The van der Waals surface area contributed by atoms with Gasteiger partial charge in [-0.25, -0.2) is 4.98 Å². The second-order valence-corrected chi connectivity index (χ2v) is 10.6. The summed E-state index contributed by atoms with van der Waals surface area (Å²) in [4.78, 5) is 33.9. The van der Waals surface area contributed by atoms with Gasteiger partial charge in [-0.3, -0.25) is 9.59 Å². The van der Waals surface area contributed by atoms with Crippen LogP contribution in [0.15, 0.2) is 12.3 Å². The van der Waals surface area contributed by atoms with Gasteiger partial charge >= 0.3 is 0 Å². The van der Waals surface area contributed by atoms with Crippen molar-refractivity contribution in [2.45, 2.75) is 76.5 Å². The summed E-state index contributed by atoms with van der Waals surface area (Å²) in [6.45, 7) is 4.39. The van der Waals surface area contributed by atoms with Crippen molar-refractivity contribution in [3.8, 4) is 17.7 Å². The average Bonchev–Trinajstić information content (AvgIpc) is 3.56. The number of hydrogen-bond acceptors (Lipinski definition) is 6. The van der Waals surface area contributed by atoms with Crippen LogP contribution in [0, 0.1) is 23.7 Å². The van der Waals surface area contributed by atoms with Gasteiger partial charge in [0.15, 0.2) is 0 Å². The summed E-state index contributed by atoms with van der Waals surface area (Å²) in [6.07, 6.45) is 7.18. The third-order valence-corrected chi connectivity index (χ3v) is 7.43. The Kier molecular flexibility index (Phi) is 7.67. The number of amides is 2. The Morgan fingerprint density at radius 3 is 2.74 bits per heavy atom. The lowest BCUT2D eigenvalue weighted by molar-refractivity contribution is -0.131. The first kappa shape index (κ1) is 25.5. The third-order valence-electron chi connectivity index (χ3n) is 7.43. The number of aliphatic hydroxyl groups is 2. The molecule has 3 aliphatic rings. The van der Waals surface area contributed by atoms with Crippen LogP contribution in [0.25, 0.3) is 0 Å². The average molecular weight is 484 g/mol. The SMILES string of the molecule is C[C@@H]1CN([C@H](C)CO)C(=O)c2cc(C#CC3(O)CCCC3)cnc2O[C@@H]1CN(C)C(=O)CC1CC1. The summed E-state index contributed by atoms with van der Waals surface area (Å²) in [5, 5.41) is 20.4. The Balaban J connectivity index is 1.61. The Bertz CT molecular complexity index is 1010. The summed E-state index contributed by atoms with van der Waals surface area (Å²) in [5.41, 5.74) is -0.181. The van der Waals surface area contributed by atoms with E-state index in [2.05, 4.69) is 16.8 Å². The molecule has 0 unspecified atom stereocenters. The number of hydrogen-bond donors (Lipinski definition) is 2. The van der Waals surface area contributed by atoms with Gasteiger partial charge < -0.3 is 24.7 Å². The number of aromatic nitrogens is 1. The number of likely N-dealkylation sites (N-methyl/N-ethyl adjacent to an activating group) is 1. The van der Waals surface area contributed by atoms with Crippen molar-refractivity contribution in [3.05, 3.63) is 23.4 Å². The Morgan fingerprint density at radius 2 is 2.09 bits per heavy atom. The molecule has 2 heterocycles. The minimum atomic E-state index is -0.986. The number of fused-ring (bicyclic) bond motifs is 1. The summed E-state index contributed by atoms with van der Waals surface area (Å²) in [7, 11) is 1.79. The molecule has 2 amide bonds. The summed E-state index contributed by atoms with van der Waals surface area (Å²) < 4.78 is 6.26. The van der Waals surface area contributed by atoms with Crippen LogP contribution >= 0.6 is 0 Å². The van der Waals surface area contributed by atoms with Crippen molar-refractivity contribution in [1.29, 1.82) is 0 Å². The molecule has 1 aromatic rings. The van der Waals surface area contributed by atoms with Crippen LogP contribution in [0.5, 0.6) is 5.88 Å². The van der Waals surface area contributed by atoms with Gasteiger partial charge in [0, 0.05) is 37.7 Å². The van der Waals surface area contributed by atoms with Crippen LogP contribution in [0.1, 0.15) is 74.7 Å². The fourth-order valence-corrected chi connectivity index (χ4v) is 4.76. The van der Waals surface area contributed by atoms with Crippen molar-refractivity contribution in [3.63, 3.8) is 0 Å². The highest BCUT2D eigenvalue weighted by molar-refractivity contribution is 5.97. The zero-order valence-electron chi connectivity index (χ0n) is 21.0. The lowest BCUT2D eigenvalue weighted by Gasteiger charge is -2.37. The number of carbonyl (C=O) groups is 2. The maximum atomic E-state index is 13.5. The third kappa shape index (κ3) is 6.14. The molecule has 1 aliphatic heterocycles. The molecule has 1 aromatic heterocycles. The molecule has 2 N–H and O–H groups in total. The standard InChI is InChI=1S/C27H37N3O5/c1-18-15-30(19(2)17-31)26(33)22-12-21(8-11-27(34)9-4-5-10-27)14-28-25(22)35-23(18)16-29(3)24(32)13-20-6-7-20/h12,14,18-20,23,31,34H,4-7,9-10,13,15-17H2,1-3H3/t18-,19-,23-/m1/s1. The number of aliphatic hydroxyl groups excluding tert-OH is 1. The molecule has 0 spiro atoms. The van der Waals surface area contributed by atoms with Crippen LogP contribution in [0.3, 0.4) is 0 Å². The first-order valence-electron chi connectivity index (χ1n) is 12.8. The first-order valence-corrected chi connectivity index (χ1v) is 12.8. The van der Waals surface area contributed by atoms with Crippen molar-refractivity contribution in [2.75, 3.05) is 26.7 Å². The molecule has 4 rings (SSSR count). The molecule has 2 fully saturated rings. The Labute approximate surface area is 207 Å². The predicted molar refractivity (Wildman–Crippen MR) is 131 cm³/mol. The van der Waals surface area contributed by atoms with Crippen LogP contribution < -0.4 is 4.74 Å². The molecule has 0 bridgehead atoms. The molecule has 190 valence electrons. The molecule has 2 saturated carbocycles. The summed E-state index contributed by atoms with van der Waals surface area (Å²) in [6, 6.07) is 1.27. The molecule has 0 saturated heterocycles. The molecule has 35 heavy (non-hydrogen) atoms. The predicted octanol–water partition coefficient (Wildman–Crippen LogP) is 2.22. The molecule has 2 aliphatic carbocycles. The molecular weight excluding hydrogens is 446 g/mol. The highest BCUT2D eigenvalue weighted by atomic mass is 16.5. The molecule has 3 atom stereocenters. The van der Waals surface area contributed by atoms with Gasteiger partial charge in [-0.1, -0.05) is 18.8 Å². The lowest BCUT2D eigenvalue weighted by Crippen LogP contribution is -2.50. The number of carbonyl (C=O) groups excluding carboxylic acids is 2. The monoisotopic (exact) mass is 483 g/mol. The van der Waals surface area contributed by atoms with E-state index in [4.69, 9.17) is 4.74 Å². The smallest absolute Gasteiger partial charge is 0.259 e. The maximum Gasteiger partial charge on any atom is 0.259 e. The fraction of sp³-hybridized carbons (Fsp3) is 0.667. The molecule has 8 heteroatoms. The Hall–Kier alpha value is -2.63. The number of nitrogens with zero attached hydrogens (tertiary/aromatic N) is 3. The van der Waals surface area contributed by atoms with Gasteiger partial charge in [0.05, 0.1) is 19.2 Å². The normalized spacial score (nSPS) is 24.4. The van der Waals surface area contributed by atoms with Gasteiger partial charge in [0.2, 0.25) is 11.8 Å².